The number of anilines is 1. The summed E-state index contributed by atoms with van der Waals surface area (Å²) in [5.41, 5.74) is 2.53. The number of rotatable bonds is 8. The summed E-state index contributed by atoms with van der Waals surface area (Å²) in [5, 5.41) is 0. The van der Waals surface area contributed by atoms with Crippen molar-refractivity contribution in [2.45, 2.75) is 37.2 Å². The van der Waals surface area contributed by atoms with E-state index in [9.17, 15) is 12.8 Å². The molecule has 0 radical (unpaired) electrons. The predicted molar refractivity (Wildman–Crippen MR) is 135 cm³/mol. The molecule has 0 amide bonds. The fourth-order valence-corrected chi connectivity index (χ4v) is 6.20. The first-order valence-corrected chi connectivity index (χ1v) is 13.0. The van der Waals surface area contributed by atoms with E-state index in [4.69, 9.17) is 9.47 Å². The molecule has 35 heavy (non-hydrogen) atoms. The number of ether oxygens (including phenoxy) is 2. The van der Waals surface area contributed by atoms with E-state index in [2.05, 4.69) is 4.90 Å². The molecule has 3 aromatic rings. The Morgan fingerprint density at radius 2 is 1.49 bits per heavy atom. The van der Waals surface area contributed by atoms with Gasteiger partial charge in [0.2, 0.25) is 0 Å². The smallest absolute Gasteiger partial charge is 0.264 e. The maximum Gasteiger partial charge on any atom is 0.264 e. The van der Waals surface area contributed by atoms with Crippen LogP contribution < -0.4 is 13.8 Å². The van der Waals surface area contributed by atoms with E-state index < -0.39 is 15.8 Å². The molecule has 0 spiro atoms. The Kier molecular flexibility index (Phi) is 7.62. The van der Waals surface area contributed by atoms with Crippen molar-refractivity contribution in [1.82, 2.24) is 4.90 Å². The van der Waals surface area contributed by atoms with Gasteiger partial charge in [-0.05, 0) is 73.9 Å². The minimum atomic E-state index is -3.82. The summed E-state index contributed by atoms with van der Waals surface area (Å²) in [6, 6.07) is 18.1. The topological polar surface area (TPSA) is 59.1 Å². The molecule has 0 bridgehead atoms. The molecule has 1 aliphatic heterocycles. The van der Waals surface area contributed by atoms with Crippen molar-refractivity contribution in [2.24, 2.45) is 0 Å². The SMILES string of the molecule is COc1cc(CN2CCC(N(c3ccc(F)cc3)S(=O)(=O)c3ccc(C)cc3)CC2)cc(OC)c1. The Morgan fingerprint density at radius 1 is 0.914 bits per heavy atom. The first kappa shape index (κ1) is 25.0. The average Bonchev–Trinajstić information content (AvgIpc) is 2.86. The van der Waals surface area contributed by atoms with Crippen LogP contribution in [0.25, 0.3) is 0 Å². The molecule has 1 saturated heterocycles. The number of benzene rings is 3. The highest BCUT2D eigenvalue weighted by atomic mass is 32.2. The summed E-state index contributed by atoms with van der Waals surface area (Å²) in [7, 11) is -0.563. The van der Waals surface area contributed by atoms with Crippen molar-refractivity contribution in [3.8, 4) is 11.5 Å². The zero-order chi connectivity index (χ0) is 25.0. The van der Waals surface area contributed by atoms with Gasteiger partial charge >= 0.3 is 0 Å². The minimum absolute atomic E-state index is 0.233. The molecule has 0 aliphatic carbocycles. The Balaban J connectivity index is 1.55. The Bertz CT molecular complexity index is 1220. The molecular formula is C27H31FN2O4S. The van der Waals surface area contributed by atoms with Crippen LogP contribution in [0.5, 0.6) is 11.5 Å². The normalized spacial score (nSPS) is 15.1. The van der Waals surface area contributed by atoms with Gasteiger partial charge in [-0.15, -0.1) is 0 Å². The summed E-state index contributed by atoms with van der Waals surface area (Å²) in [6.07, 6.45) is 1.31. The maximum absolute atomic E-state index is 13.7. The van der Waals surface area contributed by atoms with Gasteiger partial charge in [0.25, 0.3) is 10.0 Å². The van der Waals surface area contributed by atoms with Crippen LogP contribution in [-0.4, -0.2) is 46.7 Å². The predicted octanol–water partition coefficient (Wildman–Crippen LogP) is 5.01. The van der Waals surface area contributed by atoms with Crippen LogP contribution in [0.2, 0.25) is 0 Å². The van der Waals surface area contributed by atoms with Crippen LogP contribution in [0, 0.1) is 12.7 Å². The zero-order valence-corrected chi connectivity index (χ0v) is 21.1. The third-order valence-electron chi connectivity index (χ3n) is 6.37. The largest absolute Gasteiger partial charge is 0.497 e. The molecular weight excluding hydrogens is 467 g/mol. The zero-order valence-electron chi connectivity index (χ0n) is 20.3. The van der Waals surface area contributed by atoms with Crippen LogP contribution in [0.15, 0.2) is 71.6 Å². The van der Waals surface area contributed by atoms with E-state index in [1.807, 2.05) is 25.1 Å². The van der Waals surface area contributed by atoms with E-state index >= 15 is 0 Å². The average molecular weight is 499 g/mol. The summed E-state index contributed by atoms with van der Waals surface area (Å²) in [5.74, 6) is 1.08. The molecule has 8 heteroatoms. The van der Waals surface area contributed by atoms with Gasteiger partial charge in [0.05, 0.1) is 24.8 Å². The highest BCUT2D eigenvalue weighted by Gasteiger charge is 2.34. The van der Waals surface area contributed by atoms with Gasteiger partial charge in [0, 0.05) is 31.7 Å². The molecule has 0 atom stereocenters. The molecule has 0 unspecified atom stereocenters. The number of sulfonamides is 1. The van der Waals surface area contributed by atoms with Crippen molar-refractivity contribution < 1.29 is 22.3 Å². The fraction of sp³-hybridized carbons (Fsp3) is 0.333. The summed E-state index contributed by atoms with van der Waals surface area (Å²) >= 11 is 0. The van der Waals surface area contributed by atoms with Crippen LogP contribution in [0.1, 0.15) is 24.0 Å². The van der Waals surface area contributed by atoms with Crippen LogP contribution in [0.3, 0.4) is 0 Å². The summed E-state index contributed by atoms with van der Waals surface area (Å²) in [4.78, 5) is 2.53. The quantitative estimate of drug-likeness (QED) is 0.437. The Labute approximate surface area is 206 Å². The van der Waals surface area contributed by atoms with Gasteiger partial charge in [-0.25, -0.2) is 12.8 Å². The molecule has 6 nitrogen and oxygen atoms in total. The Morgan fingerprint density at radius 3 is 2.03 bits per heavy atom. The Hall–Kier alpha value is -3.10. The number of piperidine rings is 1. The number of nitrogens with zero attached hydrogens (tertiary/aromatic N) is 2. The second kappa shape index (κ2) is 10.7. The lowest BCUT2D eigenvalue weighted by molar-refractivity contribution is 0.206. The molecule has 0 aromatic heterocycles. The van der Waals surface area contributed by atoms with E-state index in [1.165, 1.54) is 28.6 Å². The second-order valence-corrected chi connectivity index (χ2v) is 10.6. The van der Waals surface area contributed by atoms with Gasteiger partial charge in [0.15, 0.2) is 0 Å². The second-order valence-electron chi connectivity index (χ2n) is 8.82. The minimum Gasteiger partial charge on any atom is -0.497 e. The first-order chi connectivity index (χ1) is 16.8. The molecule has 3 aromatic carbocycles. The van der Waals surface area contributed by atoms with Crippen LogP contribution in [0.4, 0.5) is 10.1 Å². The van der Waals surface area contributed by atoms with E-state index in [1.54, 1.807) is 38.5 Å². The van der Waals surface area contributed by atoms with Crippen LogP contribution in [-0.2, 0) is 16.6 Å². The maximum atomic E-state index is 13.7. The number of hydrogen-bond donors (Lipinski definition) is 0. The lowest BCUT2D eigenvalue weighted by Gasteiger charge is -2.39. The first-order valence-electron chi connectivity index (χ1n) is 11.6. The van der Waals surface area contributed by atoms with Crippen molar-refractivity contribution >= 4 is 15.7 Å². The van der Waals surface area contributed by atoms with Crippen molar-refractivity contribution in [3.05, 3.63) is 83.7 Å². The lowest BCUT2D eigenvalue weighted by Crippen LogP contribution is -2.47. The number of hydrogen-bond acceptors (Lipinski definition) is 5. The van der Waals surface area contributed by atoms with Gasteiger partial charge in [-0.2, -0.15) is 0 Å². The molecule has 4 rings (SSSR count). The molecule has 0 N–H and O–H groups in total. The number of likely N-dealkylation sites (tertiary alicyclic amines) is 1. The third kappa shape index (κ3) is 5.77. The summed E-state index contributed by atoms with van der Waals surface area (Å²) in [6.45, 7) is 4.08. The highest BCUT2D eigenvalue weighted by molar-refractivity contribution is 7.92. The molecule has 1 fully saturated rings. The molecule has 1 heterocycles. The molecule has 0 saturated carbocycles. The van der Waals surface area contributed by atoms with Crippen molar-refractivity contribution in [2.75, 3.05) is 31.6 Å². The fourth-order valence-electron chi connectivity index (χ4n) is 4.49. The third-order valence-corrected chi connectivity index (χ3v) is 8.26. The van der Waals surface area contributed by atoms with E-state index in [-0.39, 0.29) is 10.9 Å². The highest BCUT2D eigenvalue weighted by Crippen LogP contribution is 2.32. The number of aryl methyl sites for hydroxylation is 1. The monoisotopic (exact) mass is 498 g/mol. The van der Waals surface area contributed by atoms with Gasteiger partial charge in [-0.1, -0.05) is 17.7 Å². The van der Waals surface area contributed by atoms with Gasteiger partial charge < -0.3 is 9.47 Å². The van der Waals surface area contributed by atoms with Crippen molar-refractivity contribution in [1.29, 1.82) is 0 Å². The lowest BCUT2D eigenvalue weighted by atomic mass is 10.0. The number of methoxy groups -OCH3 is 2. The molecule has 186 valence electrons. The number of halogens is 1. The molecule has 1 aliphatic rings. The van der Waals surface area contributed by atoms with Crippen molar-refractivity contribution in [3.63, 3.8) is 0 Å². The van der Waals surface area contributed by atoms with E-state index in [0.29, 0.717) is 25.1 Å². The van der Waals surface area contributed by atoms with Crippen LogP contribution >= 0.6 is 0 Å². The van der Waals surface area contributed by atoms with Gasteiger partial charge in [-0.3, -0.25) is 9.21 Å². The standard InChI is InChI=1S/C27H31FN2O4S/c1-20-4-10-27(11-5-20)35(31,32)30(23-8-6-22(28)7-9-23)24-12-14-29(15-13-24)19-21-16-25(33-2)18-26(17-21)34-3/h4-11,16-18,24H,12-15,19H2,1-3H3. The summed E-state index contributed by atoms with van der Waals surface area (Å²) < 4.78 is 53.3. The van der Waals surface area contributed by atoms with E-state index in [0.717, 1.165) is 35.7 Å². The van der Waals surface area contributed by atoms with Gasteiger partial charge in [0.1, 0.15) is 17.3 Å².